The lowest BCUT2D eigenvalue weighted by Gasteiger charge is -2.14. The molecule has 20 heavy (non-hydrogen) atoms. The van der Waals surface area contributed by atoms with Gasteiger partial charge in [-0.05, 0) is 40.2 Å². The number of aromatic nitrogens is 4. The Bertz CT molecular complexity index is 527. The zero-order chi connectivity index (χ0) is 14.5. The van der Waals surface area contributed by atoms with Gasteiger partial charge in [0.05, 0.1) is 12.0 Å². The number of hydrogen-bond donors (Lipinski definition) is 1. The second kappa shape index (κ2) is 6.70. The van der Waals surface area contributed by atoms with Crippen LogP contribution < -0.4 is 5.32 Å². The highest BCUT2D eigenvalue weighted by atomic mass is 15.3. The molecule has 110 valence electrons. The van der Waals surface area contributed by atoms with Gasteiger partial charge in [0.25, 0.3) is 0 Å². The van der Waals surface area contributed by atoms with Crippen molar-refractivity contribution < 1.29 is 0 Å². The van der Waals surface area contributed by atoms with Crippen LogP contribution in [0.1, 0.15) is 42.8 Å². The third kappa shape index (κ3) is 3.48. The van der Waals surface area contributed by atoms with Gasteiger partial charge in [-0.2, -0.15) is 5.10 Å². The van der Waals surface area contributed by atoms with Crippen molar-refractivity contribution in [2.24, 2.45) is 7.05 Å². The third-order valence-corrected chi connectivity index (χ3v) is 3.85. The van der Waals surface area contributed by atoms with Gasteiger partial charge in [-0.3, -0.25) is 4.68 Å². The molecule has 5 nitrogen and oxygen atoms in total. The quantitative estimate of drug-likeness (QED) is 0.789. The topological polar surface area (TPSA) is 47.7 Å². The van der Waals surface area contributed by atoms with Crippen molar-refractivity contribution >= 4 is 0 Å². The Labute approximate surface area is 121 Å². The molecule has 0 aliphatic rings. The summed E-state index contributed by atoms with van der Waals surface area (Å²) >= 11 is 0. The second-order valence-electron chi connectivity index (χ2n) is 5.39. The van der Waals surface area contributed by atoms with Crippen LogP contribution in [0.2, 0.25) is 0 Å². The first kappa shape index (κ1) is 14.8. The molecule has 0 saturated heterocycles. The van der Waals surface area contributed by atoms with Crippen molar-refractivity contribution in [3.63, 3.8) is 0 Å². The molecule has 0 aliphatic carbocycles. The zero-order valence-corrected chi connectivity index (χ0v) is 12.9. The predicted octanol–water partition coefficient (Wildman–Crippen LogP) is 2.36. The van der Waals surface area contributed by atoms with Crippen LogP contribution >= 0.6 is 0 Å². The average Bonchev–Trinajstić information content (AvgIpc) is 2.99. The lowest BCUT2D eigenvalue weighted by molar-refractivity contribution is 0.520. The summed E-state index contributed by atoms with van der Waals surface area (Å²) in [7, 11) is 2.00. The zero-order valence-electron chi connectivity index (χ0n) is 12.9. The van der Waals surface area contributed by atoms with E-state index in [4.69, 9.17) is 0 Å². The highest BCUT2D eigenvalue weighted by Crippen LogP contribution is 2.20. The largest absolute Gasteiger partial charge is 0.337 e. The minimum absolute atomic E-state index is 0.358. The van der Waals surface area contributed by atoms with Crippen LogP contribution in [0.25, 0.3) is 0 Å². The van der Waals surface area contributed by atoms with E-state index in [1.165, 1.54) is 24.1 Å². The Balaban J connectivity index is 1.73. The highest BCUT2D eigenvalue weighted by Gasteiger charge is 2.15. The molecule has 1 unspecified atom stereocenters. The summed E-state index contributed by atoms with van der Waals surface area (Å²) in [5.74, 6) is 0. The minimum atomic E-state index is 0.358. The molecule has 1 atom stereocenters. The second-order valence-corrected chi connectivity index (χ2v) is 5.39. The maximum absolute atomic E-state index is 4.48. The van der Waals surface area contributed by atoms with Gasteiger partial charge in [0.15, 0.2) is 0 Å². The van der Waals surface area contributed by atoms with Crippen LogP contribution in [0.15, 0.2) is 18.7 Å². The van der Waals surface area contributed by atoms with E-state index in [2.05, 4.69) is 40.7 Å². The molecule has 0 fully saturated rings. The summed E-state index contributed by atoms with van der Waals surface area (Å²) in [5.41, 5.74) is 3.71. The van der Waals surface area contributed by atoms with Gasteiger partial charge < -0.3 is 9.88 Å². The fraction of sp³-hybridized carbons (Fsp3) is 0.600. The highest BCUT2D eigenvalue weighted by molar-refractivity contribution is 5.27. The van der Waals surface area contributed by atoms with Crippen LogP contribution in [-0.4, -0.2) is 25.9 Å². The maximum atomic E-state index is 4.48. The SMILES string of the molecule is Cc1nn(C)c(C)c1C(C)NCCCCn1ccnc1. The molecule has 2 heterocycles. The first-order valence-corrected chi connectivity index (χ1v) is 7.29. The van der Waals surface area contributed by atoms with Crippen LogP contribution in [0, 0.1) is 13.8 Å². The summed E-state index contributed by atoms with van der Waals surface area (Å²) in [6.45, 7) is 8.50. The molecular weight excluding hydrogens is 250 g/mol. The fourth-order valence-electron chi connectivity index (χ4n) is 2.68. The number of nitrogens with one attached hydrogen (secondary N) is 1. The summed E-state index contributed by atoms with van der Waals surface area (Å²) in [6, 6.07) is 0.358. The Kier molecular flexibility index (Phi) is 4.95. The fourth-order valence-corrected chi connectivity index (χ4v) is 2.68. The number of rotatable bonds is 7. The molecule has 0 spiro atoms. The van der Waals surface area contributed by atoms with Crippen molar-refractivity contribution in [3.05, 3.63) is 35.7 Å². The molecule has 0 aliphatic heterocycles. The minimum Gasteiger partial charge on any atom is -0.337 e. The van der Waals surface area contributed by atoms with E-state index in [1.807, 2.05) is 30.5 Å². The predicted molar refractivity (Wildman–Crippen MR) is 80.6 cm³/mol. The lowest BCUT2D eigenvalue weighted by atomic mass is 10.1. The molecule has 2 aromatic heterocycles. The molecule has 0 amide bonds. The number of imidazole rings is 1. The molecule has 1 N–H and O–H groups in total. The van der Waals surface area contributed by atoms with Gasteiger partial charge in [-0.1, -0.05) is 0 Å². The average molecular weight is 275 g/mol. The van der Waals surface area contributed by atoms with Crippen LogP contribution in [0.3, 0.4) is 0 Å². The van der Waals surface area contributed by atoms with Crippen LogP contribution in [0.4, 0.5) is 0 Å². The van der Waals surface area contributed by atoms with Crippen LogP contribution in [0.5, 0.6) is 0 Å². The smallest absolute Gasteiger partial charge is 0.0945 e. The monoisotopic (exact) mass is 275 g/mol. The van der Waals surface area contributed by atoms with Gasteiger partial charge in [-0.15, -0.1) is 0 Å². The normalized spacial score (nSPS) is 12.8. The van der Waals surface area contributed by atoms with E-state index in [-0.39, 0.29) is 0 Å². The number of nitrogens with zero attached hydrogens (tertiary/aromatic N) is 4. The molecule has 0 saturated carbocycles. The van der Waals surface area contributed by atoms with Gasteiger partial charge in [0.1, 0.15) is 0 Å². The molecule has 2 aromatic rings. The third-order valence-electron chi connectivity index (χ3n) is 3.85. The molecule has 0 radical (unpaired) electrons. The molecule has 0 bridgehead atoms. The standard InChI is InChI=1S/C15H25N5/c1-12(15-13(2)18-19(4)14(15)3)17-7-5-6-9-20-10-8-16-11-20/h8,10-12,17H,5-7,9H2,1-4H3. The van der Waals surface area contributed by atoms with Gasteiger partial charge in [0.2, 0.25) is 0 Å². The Morgan fingerprint density at radius 1 is 1.30 bits per heavy atom. The van der Waals surface area contributed by atoms with E-state index in [1.54, 1.807) is 0 Å². The molecule has 5 heteroatoms. The first-order chi connectivity index (χ1) is 9.59. The summed E-state index contributed by atoms with van der Waals surface area (Å²) in [5, 5.41) is 8.07. The number of unbranched alkanes of at least 4 members (excludes halogenated alkanes) is 1. The first-order valence-electron chi connectivity index (χ1n) is 7.29. The summed E-state index contributed by atoms with van der Waals surface area (Å²) in [6.07, 6.45) is 8.05. The van der Waals surface area contributed by atoms with Gasteiger partial charge in [0, 0.05) is 43.3 Å². The lowest BCUT2D eigenvalue weighted by Crippen LogP contribution is -2.21. The van der Waals surface area contributed by atoms with E-state index in [9.17, 15) is 0 Å². The summed E-state index contributed by atoms with van der Waals surface area (Å²) in [4.78, 5) is 4.05. The number of aryl methyl sites for hydroxylation is 3. The van der Waals surface area contributed by atoms with Crippen LogP contribution in [-0.2, 0) is 13.6 Å². The van der Waals surface area contributed by atoms with Crippen molar-refractivity contribution in [2.45, 2.75) is 46.2 Å². The van der Waals surface area contributed by atoms with E-state index in [0.717, 1.165) is 18.8 Å². The Morgan fingerprint density at radius 3 is 2.70 bits per heavy atom. The van der Waals surface area contributed by atoms with Gasteiger partial charge >= 0.3 is 0 Å². The van der Waals surface area contributed by atoms with Crippen molar-refractivity contribution in [1.82, 2.24) is 24.6 Å². The van der Waals surface area contributed by atoms with Crippen molar-refractivity contribution in [3.8, 4) is 0 Å². The van der Waals surface area contributed by atoms with Gasteiger partial charge in [-0.25, -0.2) is 4.98 Å². The van der Waals surface area contributed by atoms with Crippen molar-refractivity contribution in [2.75, 3.05) is 6.54 Å². The Hall–Kier alpha value is -1.62. The van der Waals surface area contributed by atoms with Crippen molar-refractivity contribution in [1.29, 1.82) is 0 Å². The molecular formula is C15H25N5. The summed E-state index contributed by atoms with van der Waals surface area (Å²) < 4.78 is 4.08. The number of hydrogen-bond acceptors (Lipinski definition) is 3. The van der Waals surface area contributed by atoms with E-state index < -0.39 is 0 Å². The molecule has 0 aromatic carbocycles. The Morgan fingerprint density at radius 2 is 2.10 bits per heavy atom. The van der Waals surface area contributed by atoms with E-state index in [0.29, 0.717) is 6.04 Å². The maximum Gasteiger partial charge on any atom is 0.0945 e. The van der Waals surface area contributed by atoms with E-state index >= 15 is 0 Å². The molecule has 2 rings (SSSR count).